The lowest BCUT2D eigenvalue weighted by Gasteiger charge is -2.41. The number of hydrogen-bond acceptors (Lipinski definition) is 2. The minimum Gasteiger partial charge on any atom is -0.327 e. The van der Waals surface area contributed by atoms with Crippen LogP contribution >= 0.6 is 0 Å². The van der Waals surface area contributed by atoms with Gasteiger partial charge in [0.25, 0.3) is 11.8 Å². The van der Waals surface area contributed by atoms with E-state index >= 15 is 0 Å². The van der Waals surface area contributed by atoms with E-state index < -0.39 is 0 Å². The second-order valence-electron chi connectivity index (χ2n) is 13.7. The minimum atomic E-state index is -0.269. The van der Waals surface area contributed by atoms with E-state index in [1.165, 1.54) is 5.56 Å². The smallest absolute Gasteiger partial charge is 0.255 e. The molecule has 0 fully saturated rings. The molecule has 6 rings (SSSR count). The van der Waals surface area contributed by atoms with Crippen molar-refractivity contribution in [3.05, 3.63) is 142 Å². The van der Waals surface area contributed by atoms with Crippen LogP contribution in [0.15, 0.2) is 103 Å². The van der Waals surface area contributed by atoms with Crippen molar-refractivity contribution in [3.63, 3.8) is 0 Å². The Morgan fingerprint density at radius 3 is 1.64 bits per heavy atom. The predicted octanol–water partition coefficient (Wildman–Crippen LogP) is 8.40. The molecular formula is C38H40N2O2. The fraction of sp³-hybridized carbons (Fsp3) is 0.316. The number of nitrogens with zero attached hydrogens (tertiary/aromatic N) is 2. The van der Waals surface area contributed by atoms with Gasteiger partial charge in [-0.1, -0.05) is 126 Å². The zero-order valence-corrected chi connectivity index (χ0v) is 25.3. The first-order valence-corrected chi connectivity index (χ1v) is 15.0. The maximum Gasteiger partial charge on any atom is 0.255 e. The van der Waals surface area contributed by atoms with E-state index in [9.17, 15) is 9.59 Å². The van der Waals surface area contributed by atoms with Crippen molar-refractivity contribution in [1.82, 2.24) is 9.80 Å². The fourth-order valence-electron chi connectivity index (χ4n) is 7.30. The Labute approximate surface area is 250 Å². The molecular weight excluding hydrogens is 516 g/mol. The standard InChI is InChI=1S/C38H40N2O2/c1-37(2,3)33(39-24-29-17-9-11-20-31(29)35(39)41)28-19-13-14-26(22-28)23-38(4,5)34(27-15-7-6-8-16-27)40-25-30-18-10-12-21-32(30)36(40)42/h6-22,33-34H,23-25H2,1-5H3/t33-,34+/m1/s1. The molecule has 0 aliphatic carbocycles. The molecule has 2 heterocycles. The van der Waals surface area contributed by atoms with Crippen LogP contribution in [0.25, 0.3) is 0 Å². The lowest BCUT2D eigenvalue weighted by Crippen LogP contribution is -2.40. The lowest BCUT2D eigenvalue weighted by atomic mass is 9.74. The molecule has 4 nitrogen and oxygen atoms in total. The third kappa shape index (κ3) is 5.04. The highest BCUT2D eigenvalue weighted by Gasteiger charge is 2.42. The monoisotopic (exact) mass is 556 g/mol. The SMILES string of the molecule is CC(C)(C)[C@@H](c1cccc(CC(C)(C)[C@H](c2ccccc2)N2Cc3ccccc3C2=O)c1)N1Cc2ccccc2C1=O. The number of carbonyl (C=O) groups excluding carboxylic acids is 2. The lowest BCUT2D eigenvalue weighted by molar-refractivity contribution is 0.0501. The van der Waals surface area contributed by atoms with Crippen molar-refractivity contribution in [2.24, 2.45) is 10.8 Å². The summed E-state index contributed by atoms with van der Waals surface area (Å²) in [4.78, 5) is 31.4. The molecule has 4 aromatic carbocycles. The molecule has 2 amide bonds. The summed E-state index contributed by atoms with van der Waals surface area (Å²) in [5, 5.41) is 0. The van der Waals surface area contributed by atoms with Crippen LogP contribution in [0, 0.1) is 10.8 Å². The Morgan fingerprint density at radius 2 is 1.10 bits per heavy atom. The van der Waals surface area contributed by atoms with Crippen molar-refractivity contribution >= 4 is 11.8 Å². The number of rotatable bonds is 7. The first-order valence-electron chi connectivity index (χ1n) is 15.0. The van der Waals surface area contributed by atoms with Gasteiger partial charge in [-0.25, -0.2) is 0 Å². The Kier molecular flexibility index (Phi) is 7.04. The normalized spacial score (nSPS) is 16.4. The average Bonchev–Trinajstić information content (AvgIpc) is 3.45. The van der Waals surface area contributed by atoms with Crippen LogP contribution in [0.5, 0.6) is 0 Å². The van der Waals surface area contributed by atoms with Crippen LogP contribution in [0.4, 0.5) is 0 Å². The molecule has 2 aliphatic rings. The molecule has 2 atom stereocenters. The van der Waals surface area contributed by atoms with E-state index in [-0.39, 0.29) is 34.7 Å². The molecule has 2 aliphatic heterocycles. The van der Waals surface area contributed by atoms with Gasteiger partial charge in [-0.15, -0.1) is 0 Å². The number of amides is 2. The molecule has 42 heavy (non-hydrogen) atoms. The summed E-state index contributed by atoms with van der Waals surface area (Å²) in [5.41, 5.74) is 6.88. The summed E-state index contributed by atoms with van der Waals surface area (Å²) in [7, 11) is 0. The van der Waals surface area contributed by atoms with Crippen LogP contribution < -0.4 is 0 Å². The second-order valence-corrected chi connectivity index (χ2v) is 13.7. The molecule has 0 N–H and O–H groups in total. The zero-order chi connectivity index (χ0) is 29.6. The van der Waals surface area contributed by atoms with Gasteiger partial charge in [0.05, 0.1) is 12.1 Å². The van der Waals surface area contributed by atoms with E-state index in [1.54, 1.807) is 0 Å². The average molecular weight is 557 g/mol. The summed E-state index contributed by atoms with van der Waals surface area (Å²) in [6.07, 6.45) is 0.783. The molecule has 0 radical (unpaired) electrons. The molecule has 0 unspecified atom stereocenters. The third-order valence-electron chi connectivity index (χ3n) is 8.92. The highest BCUT2D eigenvalue weighted by molar-refractivity contribution is 5.99. The van der Waals surface area contributed by atoms with Crippen LogP contribution in [0.2, 0.25) is 0 Å². The van der Waals surface area contributed by atoms with Gasteiger partial charge in [0.2, 0.25) is 0 Å². The Hall–Kier alpha value is -4.18. The van der Waals surface area contributed by atoms with E-state index in [0.717, 1.165) is 39.8 Å². The third-order valence-corrected chi connectivity index (χ3v) is 8.92. The second kappa shape index (κ2) is 10.6. The zero-order valence-electron chi connectivity index (χ0n) is 25.3. The molecule has 4 heteroatoms. The number of carbonyl (C=O) groups is 2. The number of fused-ring (bicyclic) bond motifs is 2. The Morgan fingerprint density at radius 1 is 0.595 bits per heavy atom. The van der Waals surface area contributed by atoms with Crippen LogP contribution in [0.1, 0.15) is 95.2 Å². The van der Waals surface area contributed by atoms with E-state index in [0.29, 0.717) is 13.1 Å². The minimum absolute atomic E-state index is 0.0694. The molecule has 4 aromatic rings. The largest absolute Gasteiger partial charge is 0.327 e. The summed E-state index contributed by atoms with van der Waals surface area (Å²) >= 11 is 0. The van der Waals surface area contributed by atoms with Gasteiger partial charge >= 0.3 is 0 Å². The van der Waals surface area contributed by atoms with Crippen molar-refractivity contribution in [2.75, 3.05) is 0 Å². The molecule has 0 saturated heterocycles. The van der Waals surface area contributed by atoms with Gasteiger partial charge in [-0.05, 0) is 57.2 Å². The van der Waals surface area contributed by atoms with Gasteiger partial charge in [0, 0.05) is 24.2 Å². The summed E-state index contributed by atoms with van der Waals surface area (Å²) in [6.45, 7) is 12.4. The fourth-order valence-corrected chi connectivity index (χ4v) is 7.30. The Bertz CT molecular complexity index is 1630. The van der Waals surface area contributed by atoms with E-state index in [4.69, 9.17) is 0 Å². The first-order chi connectivity index (χ1) is 20.0. The first kappa shape index (κ1) is 28.0. The van der Waals surface area contributed by atoms with E-state index in [2.05, 4.69) is 100 Å². The molecule has 0 aromatic heterocycles. The van der Waals surface area contributed by atoms with Crippen LogP contribution in [-0.2, 0) is 19.5 Å². The summed E-state index contributed by atoms with van der Waals surface area (Å²) in [6, 6.07) is 35.0. The van der Waals surface area contributed by atoms with Gasteiger partial charge in [0.15, 0.2) is 0 Å². The maximum absolute atomic E-state index is 13.7. The molecule has 0 saturated carbocycles. The van der Waals surface area contributed by atoms with Crippen molar-refractivity contribution in [3.8, 4) is 0 Å². The van der Waals surface area contributed by atoms with E-state index in [1.807, 2.05) is 47.4 Å². The Balaban J connectivity index is 1.34. The van der Waals surface area contributed by atoms with Gasteiger partial charge < -0.3 is 9.80 Å². The quantitative estimate of drug-likeness (QED) is 0.229. The topological polar surface area (TPSA) is 40.6 Å². The van der Waals surface area contributed by atoms with Crippen molar-refractivity contribution in [2.45, 2.75) is 66.2 Å². The molecule has 0 bridgehead atoms. The highest BCUT2D eigenvalue weighted by atomic mass is 16.2. The van der Waals surface area contributed by atoms with Crippen LogP contribution in [0.3, 0.4) is 0 Å². The number of hydrogen-bond donors (Lipinski definition) is 0. The summed E-state index contributed by atoms with van der Waals surface area (Å²) < 4.78 is 0. The molecule has 214 valence electrons. The van der Waals surface area contributed by atoms with Gasteiger partial charge in [-0.2, -0.15) is 0 Å². The predicted molar refractivity (Wildman–Crippen MR) is 168 cm³/mol. The van der Waals surface area contributed by atoms with Crippen LogP contribution in [-0.4, -0.2) is 21.6 Å². The van der Waals surface area contributed by atoms with Gasteiger partial charge in [-0.3, -0.25) is 9.59 Å². The molecule has 0 spiro atoms. The maximum atomic E-state index is 13.7. The van der Waals surface area contributed by atoms with Crippen molar-refractivity contribution < 1.29 is 9.59 Å². The van der Waals surface area contributed by atoms with Crippen molar-refractivity contribution in [1.29, 1.82) is 0 Å². The summed E-state index contributed by atoms with van der Waals surface area (Å²) in [5.74, 6) is 0.202. The highest BCUT2D eigenvalue weighted by Crippen LogP contribution is 2.46. The number of benzene rings is 4. The van der Waals surface area contributed by atoms with Gasteiger partial charge in [0.1, 0.15) is 0 Å².